The SMILES string of the molecule is COc1ccc(C2CN=NC23CCC2(N=NCC2c2ccc(OC)cc2)C3=O)cc1. The van der Waals surface area contributed by atoms with Crippen LogP contribution in [0.5, 0.6) is 11.5 Å². The third-order valence-corrected chi connectivity index (χ3v) is 6.89. The minimum Gasteiger partial charge on any atom is -0.497 e. The molecule has 0 N–H and O–H groups in total. The minimum absolute atomic E-state index is 0.0548. The first-order chi connectivity index (χ1) is 14.6. The monoisotopic (exact) mass is 404 g/mol. The Labute approximate surface area is 175 Å². The van der Waals surface area contributed by atoms with E-state index in [4.69, 9.17) is 9.47 Å². The highest BCUT2D eigenvalue weighted by molar-refractivity contribution is 6.01. The highest BCUT2D eigenvalue weighted by atomic mass is 16.5. The van der Waals surface area contributed by atoms with Crippen LogP contribution >= 0.6 is 0 Å². The molecule has 0 aromatic heterocycles. The zero-order chi connectivity index (χ0) is 20.8. The third-order valence-electron chi connectivity index (χ3n) is 6.89. The van der Waals surface area contributed by atoms with E-state index in [9.17, 15) is 4.79 Å². The second-order valence-corrected chi connectivity index (χ2v) is 8.18. The summed E-state index contributed by atoms with van der Waals surface area (Å²) in [6.45, 7) is 1.02. The number of azo groups is 2. The highest BCUT2D eigenvalue weighted by Crippen LogP contribution is 2.56. The predicted molar refractivity (Wildman–Crippen MR) is 111 cm³/mol. The second kappa shape index (κ2) is 7.00. The van der Waals surface area contributed by atoms with Gasteiger partial charge in [0, 0.05) is 11.8 Å². The molecule has 154 valence electrons. The summed E-state index contributed by atoms with van der Waals surface area (Å²) in [6, 6.07) is 15.7. The fraction of sp³-hybridized carbons (Fsp3) is 0.435. The van der Waals surface area contributed by atoms with Crippen molar-refractivity contribution in [1.29, 1.82) is 0 Å². The van der Waals surface area contributed by atoms with Gasteiger partial charge in [0.1, 0.15) is 11.5 Å². The van der Waals surface area contributed by atoms with Crippen molar-refractivity contribution >= 4 is 5.78 Å². The van der Waals surface area contributed by atoms with Crippen LogP contribution in [0, 0.1) is 0 Å². The molecule has 3 aliphatic rings. The maximum Gasteiger partial charge on any atom is 0.193 e. The van der Waals surface area contributed by atoms with Crippen molar-refractivity contribution in [3.8, 4) is 11.5 Å². The Morgan fingerprint density at radius 2 is 1.13 bits per heavy atom. The maximum absolute atomic E-state index is 14.0. The van der Waals surface area contributed by atoms with Crippen molar-refractivity contribution in [2.45, 2.75) is 35.8 Å². The normalized spacial score (nSPS) is 31.9. The number of methoxy groups -OCH3 is 2. The van der Waals surface area contributed by atoms with E-state index in [0.717, 1.165) is 22.6 Å². The molecule has 0 bridgehead atoms. The molecule has 2 spiro atoms. The molecule has 7 heteroatoms. The van der Waals surface area contributed by atoms with E-state index < -0.39 is 11.1 Å². The van der Waals surface area contributed by atoms with Gasteiger partial charge in [0.2, 0.25) is 0 Å². The van der Waals surface area contributed by atoms with Crippen LogP contribution in [-0.4, -0.2) is 44.2 Å². The van der Waals surface area contributed by atoms with E-state index in [-0.39, 0.29) is 17.6 Å². The Balaban J connectivity index is 1.49. The van der Waals surface area contributed by atoms with E-state index in [1.165, 1.54) is 0 Å². The van der Waals surface area contributed by atoms with Gasteiger partial charge in [-0.1, -0.05) is 24.3 Å². The first-order valence-electron chi connectivity index (χ1n) is 10.2. The average molecular weight is 404 g/mol. The van der Waals surface area contributed by atoms with Gasteiger partial charge in [-0.25, -0.2) is 0 Å². The Morgan fingerprint density at radius 1 is 0.733 bits per heavy atom. The first-order valence-corrected chi connectivity index (χ1v) is 10.2. The number of carbonyl (C=O) groups excluding carboxylic acids is 1. The summed E-state index contributed by atoms with van der Waals surface area (Å²) in [7, 11) is 3.29. The van der Waals surface area contributed by atoms with Gasteiger partial charge in [-0.05, 0) is 48.2 Å². The smallest absolute Gasteiger partial charge is 0.193 e. The number of Topliss-reactive ketones (excluding diaryl/α,β-unsaturated/α-hetero) is 1. The van der Waals surface area contributed by atoms with Crippen LogP contribution in [0.3, 0.4) is 0 Å². The minimum atomic E-state index is -0.858. The highest BCUT2D eigenvalue weighted by Gasteiger charge is 2.66. The molecular formula is C23H24N4O3. The van der Waals surface area contributed by atoms with E-state index in [2.05, 4.69) is 20.5 Å². The van der Waals surface area contributed by atoms with Gasteiger partial charge in [-0.3, -0.25) is 4.79 Å². The number of rotatable bonds is 4. The lowest BCUT2D eigenvalue weighted by Crippen LogP contribution is -2.47. The zero-order valence-corrected chi connectivity index (χ0v) is 17.1. The van der Waals surface area contributed by atoms with Crippen molar-refractivity contribution < 1.29 is 14.3 Å². The first kappa shape index (κ1) is 18.9. The largest absolute Gasteiger partial charge is 0.497 e. The molecule has 1 saturated carbocycles. The summed E-state index contributed by atoms with van der Waals surface area (Å²) in [5.74, 6) is 1.47. The molecule has 5 rings (SSSR count). The van der Waals surface area contributed by atoms with Crippen LogP contribution in [0.15, 0.2) is 69.0 Å². The van der Waals surface area contributed by atoms with E-state index in [1.807, 2.05) is 48.5 Å². The van der Waals surface area contributed by atoms with Gasteiger partial charge in [0.15, 0.2) is 16.9 Å². The molecule has 1 aliphatic carbocycles. The Hall–Kier alpha value is -3.09. The summed E-state index contributed by atoms with van der Waals surface area (Å²) < 4.78 is 10.6. The predicted octanol–water partition coefficient (Wildman–Crippen LogP) is 4.34. The van der Waals surface area contributed by atoms with Gasteiger partial charge in [0.05, 0.1) is 27.3 Å². The summed E-state index contributed by atoms with van der Waals surface area (Å²) in [6.07, 6.45) is 1.27. The lowest BCUT2D eigenvalue weighted by molar-refractivity contribution is -0.126. The van der Waals surface area contributed by atoms with Crippen molar-refractivity contribution in [3.05, 3.63) is 59.7 Å². The number of nitrogens with zero attached hydrogens (tertiary/aromatic N) is 4. The number of ether oxygens (including phenoxy) is 2. The number of hydrogen-bond acceptors (Lipinski definition) is 7. The molecule has 30 heavy (non-hydrogen) atoms. The molecule has 2 aromatic rings. The standard InChI is InChI=1S/C23H24N4O3/c1-29-17-7-3-15(4-8-17)19-13-24-26-22(19)11-12-23(21(22)28)20(14-25-27-23)16-5-9-18(30-2)10-6-16/h3-10,19-20H,11-14H2,1-2H3. The van der Waals surface area contributed by atoms with Crippen LogP contribution < -0.4 is 9.47 Å². The summed E-state index contributed by atoms with van der Waals surface area (Å²) in [4.78, 5) is 14.0. The number of carbonyl (C=O) groups is 1. The second-order valence-electron chi connectivity index (χ2n) is 8.18. The fourth-order valence-electron chi connectivity index (χ4n) is 5.21. The Kier molecular flexibility index (Phi) is 4.41. The molecule has 0 radical (unpaired) electrons. The molecule has 0 saturated heterocycles. The van der Waals surface area contributed by atoms with Gasteiger partial charge in [-0.2, -0.15) is 20.5 Å². The average Bonchev–Trinajstić information content (AvgIpc) is 3.49. The number of ketones is 1. The van der Waals surface area contributed by atoms with Gasteiger partial charge >= 0.3 is 0 Å². The molecule has 4 unspecified atom stereocenters. The topological polar surface area (TPSA) is 85.0 Å². The molecule has 2 heterocycles. The molecular weight excluding hydrogens is 380 g/mol. The molecule has 1 fully saturated rings. The van der Waals surface area contributed by atoms with Crippen molar-refractivity contribution in [1.82, 2.24) is 0 Å². The lowest BCUT2D eigenvalue weighted by atomic mass is 9.73. The van der Waals surface area contributed by atoms with Gasteiger partial charge in [-0.15, -0.1) is 0 Å². The molecule has 7 nitrogen and oxygen atoms in total. The van der Waals surface area contributed by atoms with Crippen LogP contribution in [0.1, 0.15) is 35.8 Å². The van der Waals surface area contributed by atoms with Gasteiger partial charge < -0.3 is 9.47 Å². The summed E-state index contributed by atoms with van der Waals surface area (Å²) in [5, 5.41) is 17.7. The van der Waals surface area contributed by atoms with Crippen molar-refractivity contribution in [2.24, 2.45) is 20.5 Å². The van der Waals surface area contributed by atoms with E-state index >= 15 is 0 Å². The molecule has 0 amide bonds. The van der Waals surface area contributed by atoms with E-state index in [1.54, 1.807) is 14.2 Å². The quantitative estimate of drug-likeness (QED) is 0.759. The van der Waals surface area contributed by atoms with Crippen LogP contribution in [-0.2, 0) is 4.79 Å². The fourth-order valence-corrected chi connectivity index (χ4v) is 5.21. The Bertz CT molecular complexity index is 936. The zero-order valence-electron chi connectivity index (χ0n) is 17.1. The van der Waals surface area contributed by atoms with Crippen LogP contribution in [0.4, 0.5) is 0 Å². The van der Waals surface area contributed by atoms with Gasteiger partial charge in [0.25, 0.3) is 0 Å². The molecule has 2 aromatic carbocycles. The number of benzene rings is 2. The number of hydrogen-bond donors (Lipinski definition) is 0. The summed E-state index contributed by atoms with van der Waals surface area (Å²) in [5.41, 5.74) is 0.398. The molecule has 4 atom stereocenters. The lowest BCUT2D eigenvalue weighted by Gasteiger charge is -2.30. The van der Waals surface area contributed by atoms with E-state index in [0.29, 0.717) is 25.9 Å². The van der Waals surface area contributed by atoms with Crippen molar-refractivity contribution in [3.63, 3.8) is 0 Å². The molecule has 2 aliphatic heterocycles. The summed E-state index contributed by atoms with van der Waals surface area (Å²) >= 11 is 0. The van der Waals surface area contributed by atoms with Crippen molar-refractivity contribution in [2.75, 3.05) is 27.3 Å². The maximum atomic E-state index is 14.0. The van der Waals surface area contributed by atoms with Crippen LogP contribution in [0.25, 0.3) is 0 Å². The third kappa shape index (κ3) is 2.61. The Morgan fingerprint density at radius 3 is 1.50 bits per heavy atom. The van der Waals surface area contributed by atoms with Crippen LogP contribution in [0.2, 0.25) is 0 Å².